The molecule has 22 heavy (non-hydrogen) atoms. The van der Waals surface area contributed by atoms with Gasteiger partial charge in [0.2, 0.25) is 0 Å². The summed E-state index contributed by atoms with van der Waals surface area (Å²) in [7, 11) is 1.66. The van der Waals surface area contributed by atoms with E-state index in [4.69, 9.17) is 9.84 Å². The molecule has 0 saturated carbocycles. The Kier molecular flexibility index (Phi) is 6.04. The Bertz CT molecular complexity index is 618. The van der Waals surface area contributed by atoms with Gasteiger partial charge in [-0.25, -0.2) is 0 Å². The van der Waals surface area contributed by atoms with Gasteiger partial charge >= 0.3 is 0 Å². The van der Waals surface area contributed by atoms with Crippen molar-refractivity contribution in [3.8, 4) is 5.75 Å². The average molecular weight is 297 g/mol. The van der Waals surface area contributed by atoms with Crippen LogP contribution in [0.5, 0.6) is 5.75 Å². The van der Waals surface area contributed by atoms with Gasteiger partial charge in [-0.3, -0.25) is 0 Å². The number of allylic oxidation sites excluding steroid dienone is 1. The zero-order valence-electron chi connectivity index (χ0n) is 13.2. The lowest BCUT2D eigenvalue weighted by Crippen LogP contribution is -1.93. The molecule has 0 aliphatic rings. The summed E-state index contributed by atoms with van der Waals surface area (Å²) in [6, 6.07) is 16.1. The fourth-order valence-corrected chi connectivity index (χ4v) is 2.26. The number of benzene rings is 2. The van der Waals surface area contributed by atoms with E-state index >= 15 is 0 Å². The first-order valence-electron chi connectivity index (χ1n) is 7.51. The predicted molar refractivity (Wildman–Crippen MR) is 92.7 cm³/mol. The molecule has 0 aromatic heterocycles. The Morgan fingerprint density at radius 1 is 1.14 bits per heavy atom. The molecule has 2 aromatic rings. The van der Waals surface area contributed by atoms with E-state index in [2.05, 4.69) is 30.4 Å². The first-order chi connectivity index (χ1) is 10.7. The molecule has 2 aromatic carbocycles. The minimum atomic E-state index is 0.233. The first-order valence-corrected chi connectivity index (χ1v) is 7.51. The van der Waals surface area contributed by atoms with Crippen molar-refractivity contribution in [3.05, 3.63) is 59.7 Å². The van der Waals surface area contributed by atoms with Crippen LogP contribution in [0, 0.1) is 0 Å². The van der Waals surface area contributed by atoms with Crippen LogP contribution in [0.25, 0.3) is 6.08 Å². The summed E-state index contributed by atoms with van der Waals surface area (Å²) in [6.07, 6.45) is 3.88. The second kappa shape index (κ2) is 8.25. The van der Waals surface area contributed by atoms with Crippen LogP contribution < -0.4 is 10.1 Å². The number of methoxy groups -OCH3 is 1. The molecule has 0 spiro atoms. The molecule has 116 valence electrons. The van der Waals surface area contributed by atoms with Crippen LogP contribution in [0.3, 0.4) is 0 Å². The lowest BCUT2D eigenvalue weighted by molar-refractivity contribution is 0.288. The van der Waals surface area contributed by atoms with E-state index in [1.807, 2.05) is 36.4 Å². The summed E-state index contributed by atoms with van der Waals surface area (Å²) in [5.74, 6) is 0.846. The number of hydrogen-bond acceptors (Lipinski definition) is 3. The predicted octanol–water partition coefficient (Wildman–Crippen LogP) is 4.61. The SMILES string of the molecule is COc1ccc(Nc2ccccc2/C=C(\C)CCCO)cc1. The van der Waals surface area contributed by atoms with Crippen LogP contribution in [0.2, 0.25) is 0 Å². The van der Waals surface area contributed by atoms with Crippen LogP contribution in [0.15, 0.2) is 54.1 Å². The maximum Gasteiger partial charge on any atom is 0.119 e. The third-order valence-electron chi connectivity index (χ3n) is 3.46. The van der Waals surface area contributed by atoms with Crippen molar-refractivity contribution in [2.75, 3.05) is 19.0 Å². The summed E-state index contributed by atoms with van der Waals surface area (Å²) in [4.78, 5) is 0. The summed E-state index contributed by atoms with van der Waals surface area (Å²) >= 11 is 0. The molecule has 0 radical (unpaired) electrons. The molecule has 0 fully saturated rings. The van der Waals surface area contributed by atoms with Gasteiger partial charge in [-0.05, 0) is 55.7 Å². The van der Waals surface area contributed by atoms with Crippen LogP contribution in [-0.2, 0) is 0 Å². The van der Waals surface area contributed by atoms with Gasteiger partial charge in [-0.2, -0.15) is 0 Å². The van der Waals surface area contributed by atoms with Crippen LogP contribution >= 0.6 is 0 Å². The molecule has 0 saturated heterocycles. The minimum absolute atomic E-state index is 0.233. The molecule has 2 rings (SSSR count). The summed E-state index contributed by atoms with van der Waals surface area (Å²) in [5.41, 5.74) is 4.50. The van der Waals surface area contributed by atoms with Gasteiger partial charge in [0.15, 0.2) is 0 Å². The Balaban J connectivity index is 2.16. The zero-order valence-corrected chi connectivity index (χ0v) is 13.2. The lowest BCUT2D eigenvalue weighted by atomic mass is 10.1. The number of anilines is 2. The highest BCUT2D eigenvalue weighted by Gasteiger charge is 2.01. The number of nitrogens with one attached hydrogen (secondary N) is 1. The standard InChI is InChI=1S/C19H23NO2/c1-15(6-5-13-21)14-16-7-3-4-8-19(16)20-17-9-11-18(22-2)12-10-17/h3-4,7-12,14,20-21H,5-6,13H2,1-2H3/b15-14+. The number of aliphatic hydroxyl groups is 1. The van der Waals surface area contributed by atoms with Gasteiger partial charge in [0.05, 0.1) is 7.11 Å². The average Bonchev–Trinajstić information content (AvgIpc) is 2.55. The normalized spacial score (nSPS) is 11.3. The number of ether oxygens (including phenoxy) is 1. The molecule has 0 aliphatic carbocycles. The third-order valence-corrected chi connectivity index (χ3v) is 3.46. The van der Waals surface area contributed by atoms with Crippen LogP contribution in [0.4, 0.5) is 11.4 Å². The van der Waals surface area contributed by atoms with Gasteiger partial charge < -0.3 is 15.2 Å². The van der Waals surface area contributed by atoms with Gasteiger partial charge in [0, 0.05) is 18.0 Å². The van der Waals surface area contributed by atoms with E-state index in [-0.39, 0.29) is 6.61 Å². The van der Waals surface area contributed by atoms with E-state index in [1.54, 1.807) is 7.11 Å². The highest BCUT2D eigenvalue weighted by Crippen LogP contribution is 2.25. The summed E-state index contributed by atoms with van der Waals surface area (Å²) in [5, 5.41) is 12.4. The molecule has 0 amide bonds. The van der Waals surface area contributed by atoms with Gasteiger partial charge in [-0.15, -0.1) is 0 Å². The Labute approximate surface area is 132 Å². The number of para-hydroxylation sites is 1. The van der Waals surface area contributed by atoms with E-state index < -0.39 is 0 Å². The number of rotatable bonds is 7. The molecule has 2 N–H and O–H groups in total. The Morgan fingerprint density at radius 2 is 1.86 bits per heavy atom. The van der Waals surface area contributed by atoms with Gasteiger partial charge in [0.1, 0.15) is 5.75 Å². The van der Waals surface area contributed by atoms with E-state index in [1.165, 1.54) is 5.57 Å². The smallest absolute Gasteiger partial charge is 0.119 e. The highest BCUT2D eigenvalue weighted by atomic mass is 16.5. The van der Waals surface area contributed by atoms with Crippen molar-refractivity contribution in [3.63, 3.8) is 0 Å². The van der Waals surface area contributed by atoms with Crippen molar-refractivity contribution >= 4 is 17.5 Å². The highest BCUT2D eigenvalue weighted by molar-refractivity contribution is 5.72. The van der Waals surface area contributed by atoms with Gasteiger partial charge in [0.25, 0.3) is 0 Å². The Hall–Kier alpha value is -2.26. The van der Waals surface area contributed by atoms with Crippen LogP contribution in [0.1, 0.15) is 25.3 Å². The molecule has 0 atom stereocenters. The second-order valence-electron chi connectivity index (χ2n) is 5.26. The van der Waals surface area contributed by atoms with Gasteiger partial charge in [-0.1, -0.05) is 29.8 Å². The zero-order chi connectivity index (χ0) is 15.8. The van der Waals surface area contributed by atoms with Crippen molar-refractivity contribution in [2.24, 2.45) is 0 Å². The van der Waals surface area contributed by atoms with E-state index in [0.717, 1.165) is 35.5 Å². The Morgan fingerprint density at radius 3 is 2.55 bits per heavy atom. The first kappa shape index (κ1) is 16.1. The maximum absolute atomic E-state index is 8.92. The molecular weight excluding hydrogens is 274 g/mol. The lowest BCUT2D eigenvalue weighted by Gasteiger charge is -2.11. The molecule has 0 bridgehead atoms. The van der Waals surface area contributed by atoms with Crippen molar-refractivity contribution < 1.29 is 9.84 Å². The van der Waals surface area contributed by atoms with Crippen molar-refractivity contribution in [1.29, 1.82) is 0 Å². The largest absolute Gasteiger partial charge is 0.497 e. The second-order valence-corrected chi connectivity index (χ2v) is 5.26. The minimum Gasteiger partial charge on any atom is -0.497 e. The monoisotopic (exact) mass is 297 g/mol. The van der Waals surface area contributed by atoms with E-state index in [0.29, 0.717) is 0 Å². The third kappa shape index (κ3) is 4.64. The molecule has 0 heterocycles. The number of hydrogen-bond donors (Lipinski definition) is 2. The van der Waals surface area contributed by atoms with Crippen molar-refractivity contribution in [1.82, 2.24) is 0 Å². The summed E-state index contributed by atoms with van der Waals surface area (Å²) < 4.78 is 5.18. The molecular formula is C19H23NO2. The number of aliphatic hydroxyl groups excluding tert-OH is 1. The molecule has 0 unspecified atom stereocenters. The fraction of sp³-hybridized carbons (Fsp3) is 0.263. The molecule has 3 heteroatoms. The van der Waals surface area contributed by atoms with Crippen LogP contribution in [-0.4, -0.2) is 18.8 Å². The molecule has 3 nitrogen and oxygen atoms in total. The van der Waals surface area contributed by atoms with Crippen molar-refractivity contribution in [2.45, 2.75) is 19.8 Å². The maximum atomic E-state index is 8.92. The quantitative estimate of drug-likeness (QED) is 0.784. The fourth-order valence-electron chi connectivity index (χ4n) is 2.26. The van der Waals surface area contributed by atoms with E-state index in [9.17, 15) is 0 Å². The molecule has 0 aliphatic heterocycles. The topological polar surface area (TPSA) is 41.5 Å². The summed E-state index contributed by atoms with van der Waals surface area (Å²) in [6.45, 7) is 2.33.